The van der Waals surface area contributed by atoms with Gasteiger partial charge in [0, 0.05) is 16.5 Å². The molecule has 0 bridgehead atoms. The molecule has 0 fully saturated rings. The van der Waals surface area contributed by atoms with Crippen LogP contribution in [0, 0.1) is 0 Å². The molecular weight excluding hydrogens is 190 g/mol. The number of rotatable bonds is 3. The van der Waals surface area contributed by atoms with Crippen molar-refractivity contribution in [1.82, 2.24) is 5.32 Å². The van der Waals surface area contributed by atoms with Crippen LogP contribution >= 0.6 is 23.4 Å². The highest BCUT2D eigenvalue weighted by Gasteiger charge is 1.97. The summed E-state index contributed by atoms with van der Waals surface area (Å²) in [4.78, 5) is 1.22. The van der Waals surface area contributed by atoms with Gasteiger partial charge in [0.05, 0.1) is 0 Å². The van der Waals surface area contributed by atoms with E-state index in [0.717, 1.165) is 11.6 Å². The standard InChI is InChI=1S/C9H12ClNS/c1-11-6-7-3-8(10)5-9(4-7)12-2/h3-5,11H,6H2,1-2H3. The largest absolute Gasteiger partial charge is 0.316 e. The third-order valence-electron chi connectivity index (χ3n) is 1.55. The van der Waals surface area contributed by atoms with E-state index in [0.29, 0.717) is 0 Å². The number of hydrogen-bond acceptors (Lipinski definition) is 2. The number of thioether (sulfide) groups is 1. The first-order chi connectivity index (χ1) is 5.76. The molecule has 0 saturated heterocycles. The third-order valence-corrected chi connectivity index (χ3v) is 2.47. The monoisotopic (exact) mass is 201 g/mol. The van der Waals surface area contributed by atoms with Gasteiger partial charge in [-0.25, -0.2) is 0 Å². The number of halogens is 1. The lowest BCUT2D eigenvalue weighted by Crippen LogP contribution is -2.04. The van der Waals surface area contributed by atoms with Crippen molar-refractivity contribution in [2.75, 3.05) is 13.3 Å². The quantitative estimate of drug-likeness (QED) is 0.755. The van der Waals surface area contributed by atoms with Crippen LogP contribution in [-0.4, -0.2) is 13.3 Å². The van der Waals surface area contributed by atoms with E-state index < -0.39 is 0 Å². The fourth-order valence-electron chi connectivity index (χ4n) is 1.04. The topological polar surface area (TPSA) is 12.0 Å². The predicted octanol–water partition coefficient (Wildman–Crippen LogP) is 2.78. The summed E-state index contributed by atoms with van der Waals surface area (Å²) in [7, 11) is 1.93. The molecule has 1 rings (SSSR count). The van der Waals surface area contributed by atoms with Crippen molar-refractivity contribution in [1.29, 1.82) is 0 Å². The summed E-state index contributed by atoms with van der Waals surface area (Å²) >= 11 is 7.63. The van der Waals surface area contributed by atoms with Gasteiger partial charge in [0.1, 0.15) is 0 Å². The summed E-state index contributed by atoms with van der Waals surface area (Å²) in [6.07, 6.45) is 2.05. The SMILES string of the molecule is CNCc1cc(Cl)cc(SC)c1. The zero-order valence-electron chi connectivity index (χ0n) is 7.23. The molecule has 0 radical (unpaired) electrons. The highest BCUT2D eigenvalue weighted by molar-refractivity contribution is 7.98. The highest BCUT2D eigenvalue weighted by Crippen LogP contribution is 2.21. The summed E-state index contributed by atoms with van der Waals surface area (Å²) in [5, 5.41) is 3.91. The summed E-state index contributed by atoms with van der Waals surface area (Å²) in [6, 6.07) is 6.11. The Morgan fingerprint density at radius 3 is 2.75 bits per heavy atom. The number of hydrogen-bond donors (Lipinski definition) is 1. The molecule has 0 amide bonds. The minimum Gasteiger partial charge on any atom is -0.316 e. The van der Waals surface area contributed by atoms with Gasteiger partial charge >= 0.3 is 0 Å². The molecule has 0 atom stereocenters. The van der Waals surface area contributed by atoms with Crippen LogP contribution in [0.3, 0.4) is 0 Å². The molecule has 3 heteroatoms. The molecule has 12 heavy (non-hydrogen) atoms. The molecule has 1 N–H and O–H groups in total. The lowest BCUT2D eigenvalue weighted by atomic mass is 10.2. The van der Waals surface area contributed by atoms with Gasteiger partial charge in [-0.1, -0.05) is 11.6 Å². The van der Waals surface area contributed by atoms with Gasteiger partial charge in [-0.3, -0.25) is 0 Å². The first-order valence-electron chi connectivity index (χ1n) is 3.74. The molecule has 1 aromatic rings. The average molecular weight is 202 g/mol. The second kappa shape index (κ2) is 4.75. The Bertz CT molecular complexity index is 263. The first kappa shape index (κ1) is 9.90. The Hall–Kier alpha value is -0.180. The molecule has 0 aliphatic rings. The van der Waals surface area contributed by atoms with Gasteiger partial charge in [-0.05, 0) is 37.1 Å². The van der Waals surface area contributed by atoms with Crippen LogP contribution in [0.2, 0.25) is 5.02 Å². The van der Waals surface area contributed by atoms with Gasteiger partial charge < -0.3 is 5.32 Å². The molecule has 0 heterocycles. The maximum Gasteiger partial charge on any atom is 0.0420 e. The van der Waals surface area contributed by atoms with Gasteiger partial charge in [-0.2, -0.15) is 0 Å². The molecule has 0 aliphatic carbocycles. The fourth-order valence-corrected chi connectivity index (χ4v) is 1.88. The van der Waals surface area contributed by atoms with E-state index in [9.17, 15) is 0 Å². The van der Waals surface area contributed by atoms with E-state index in [1.165, 1.54) is 10.5 Å². The van der Waals surface area contributed by atoms with Crippen molar-refractivity contribution in [2.24, 2.45) is 0 Å². The van der Waals surface area contributed by atoms with Crippen LogP contribution in [0.15, 0.2) is 23.1 Å². The van der Waals surface area contributed by atoms with Gasteiger partial charge in [0.2, 0.25) is 0 Å². The second-order valence-electron chi connectivity index (χ2n) is 2.53. The highest BCUT2D eigenvalue weighted by atomic mass is 35.5. The zero-order valence-corrected chi connectivity index (χ0v) is 8.80. The van der Waals surface area contributed by atoms with Crippen LogP contribution in [0.4, 0.5) is 0 Å². The number of nitrogens with one attached hydrogen (secondary N) is 1. The Balaban J connectivity index is 2.90. The molecule has 0 spiro atoms. The minimum atomic E-state index is 0.812. The second-order valence-corrected chi connectivity index (χ2v) is 3.85. The normalized spacial score (nSPS) is 10.2. The maximum absolute atomic E-state index is 5.92. The Kier molecular flexibility index (Phi) is 3.92. The molecule has 0 aliphatic heterocycles. The molecule has 1 nitrogen and oxygen atoms in total. The van der Waals surface area contributed by atoms with Crippen LogP contribution in [0.5, 0.6) is 0 Å². The molecule has 0 unspecified atom stereocenters. The summed E-state index contributed by atoms with van der Waals surface area (Å²) in [5.74, 6) is 0. The van der Waals surface area contributed by atoms with Crippen molar-refractivity contribution in [3.05, 3.63) is 28.8 Å². The molecule has 1 aromatic carbocycles. The zero-order chi connectivity index (χ0) is 8.97. The Labute approximate surface area is 82.5 Å². The van der Waals surface area contributed by atoms with E-state index >= 15 is 0 Å². The minimum absolute atomic E-state index is 0.812. The fraction of sp³-hybridized carbons (Fsp3) is 0.333. The van der Waals surface area contributed by atoms with Gasteiger partial charge in [-0.15, -0.1) is 11.8 Å². The van der Waals surface area contributed by atoms with Gasteiger partial charge in [0.25, 0.3) is 0 Å². The lowest BCUT2D eigenvalue weighted by Gasteiger charge is -2.03. The Morgan fingerprint density at radius 2 is 2.17 bits per heavy atom. The maximum atomic E-state index is 5.92. The van der Waals surface area contributed by atoms with E-state index in [2.05, 4.69) is 17.6 Å². The number of benzene rings is 1. The van der Waals surface area contributed by atoms with Gasteiger partial charge in [0.15, 0.2) is 0 Å². The van der Waals surface area contributed by atoms with Crippen molar-refractivity contribution < 1.29 is 0 Å². The molecule has 0 saturated carbocycles. The first-order valence-corrected chi connectivity index (χ1v) is 5.34. The van der Waals surface area contributed by atoms with Crippen molar-refractivity contribution in [2.45, 2.75) is 11.4 Å². The van der Waals surface area contributed by atoms with Crippen LogP contribution in [0.25, 0.3) is 0 Å². The smallest absolute Gasteiger partial charge is 0.0420 e. The molecular formula is C9H12ClNS. The predicted molar refractivity (Wildman–Crippen MR) is 56.0 cm³/mol. The Morgan fingerprint density at radius 1 is 1.42 bits per heavy atom. The van der Waals surface area contributed by atoms with Crippen molar-refractivity contribution >= 4 is 23.4 Å². The third kappa shape index (κ3) is 2.70. The summed E-state index contributed by atoms with van der Waals surface area (Å²) < 4.78 is 0. The van der Waals surface area contributed by atoms with E-state index in [-0.39, 0.29) is 0 Å². The van der Waals surface area contributed by atoms with Crippen molar-refractivity contribution in [3.63, 3.8) is 0 Å². The van der Waals surface area contributed by atoms with Crippen molar-refractivity contribution in [3.8, 4) is 0 Å². The summed E-state index contributed by atoms with van der Waals surface area (Å²) in [6.45, 7) is 0.869. The van der Waals surface area contributed by atoms with Crippen LogP contribution in [0.1, 0.15) is 5.56 Å². The van der Waals surface area contributed by atoms with Crippen LogP contribution in [-0.2, 0) is 6.54 Å². The van der Waals surface area contributed by atoms with E-state index in [1.807, 2.05) is 19.2 Å². The van der Waals surface area contributed by atoms with E-state index in [1.54, 1.807) is 11.8 Å². The summed E-state index contributed by atoms with van der Waals surface area (Å²) in [5.41, 5.74) is 1.23. The lowest BCUT2D eigenvalue weighted by molar-refractivity contribution is 0.815. The molecule has 0 aromatic heterocycles. The average Bonchev–Trinajstić information content (AvgIpc) is 2.04. The van der Waals surface area contributed by atoms with Crippen LogP contribution < -0.4 is 5.32 Å². The van der Waals surface area contributed by atoms with E-state index in [4.69, 9.17) is 11.6 Å². The molecule has 66 valence electrons.